The third-order valence-electron chi connectivity index (χ3n) is 3.82. The molecule has 0 saturated heterocycles. The van der Waals surface area contributed by atoms with Gasteiger partial charge in [-0.1, -0.05) is 43.6 Å². The first-order valence-electron chi connectivity index (χ1n) is 6.96. The van der Waals surface area contributed by atoms with E-state index in [1.165, 1.54) is 11.8 Å². The van der Waals surface area contributed by atoms with Crippen molar-refractivity contribution in [3.63, 3.8) is 0 Å². The zero-order valence-corrected chi connectivity index (χ0v) is 13.9. The molecule has 1 N–H and O–H groups in total. The van der Waals surface area contributed by atoms with Gasteiger partial charge in [-0.2, -0.15) is 0 Å². The van der Waals surface area contributed by atoms with Crippen molar-refractivity contribution in [3.05, 3.63) is 23.2 Å². The van der Waals surface area contributed by atoms with Crippen LogP contribution in [0.5, 0.6) is 0 Å². The molecule has 0 aliphatic carbocycles. The Morgan fingerprint density at radius 2 is 2.19 bits per heavy atom. The summed E-state index contributed by atoms with van der Waals surface area (Å²) in [4.78, 5) is 15.4. The Hall–Kier alpha value is -1.20. The Kier molecular flexibility index (Phi) is 5.17. The van der Waals surface area contributed by atoms with Crippen LogP contribution in [0.2, 0.25) is 5.02 Å². The summed E-state index contributed by atoms with van der Waals surface area (Å²) in [6, 6.07) is 5.87. The van der Waals surface area contributed by atoms with E-state index in [0.29, 0.717) is 10.9 Å². The van der Waals surface area contributed by atoms with Gasteiger partial charge in [-0.3, -0.25) is 4.79 Å². The van der Waals surface area contributed by atoms with Crippen LogP contribution in [0.15, 0.2) is 23.4 Å². The maximum Gasteiger partial charge on any atom is 0.313 e. The molecule has 0 aliphatic rings. The molecule has 0 amide bonds. The summed E-state index contributed by atoms with van der Waals surface area (Å²) in [5.41, 5.74) is 1.81. The van der Waals surface area contributed by atoms with Gasteiger partial charge < -0.3 is 9.67 Å². The van der Waals surface area contributed by atoms with Gasteiger partial charge >= 0.3 is 5.97 Å². The summed E-state index contributed by atoms with van der Waals surface area (Å²) in [7, 11) is 0. The molecule has 1 aromatic heterocycles. The highest BCUT2D eigenvalue weighted by atomic mass is 35.5. The number of thioether (sulfide) groups is 1. The van der Waals surface area contributed by atoms with Crippen LogP contribution in [0.4, 0.5) is 0 Å². The van der Waals surface area contributed by atoms with Crippen molar-refractivity contribution in [3.8, 4) is 0 Å². The van der Waals surface area contributed by atoms with Gasteiger partial charge in [0.05, 0.1) is 16.8 Å². The first-order valence-corrected chi connectivity index (χ1v) is 8.32. The van der Waals surface area contributed by atoms with Gasteiger partial charge in [0, 0.05) is 11.1 Å². The molecule has 1 heterocycles. The summed E-state index contributed by atoms with van der Waals surface area (Å²) in [5.74, 6) is -0.361. The molecule has 2 atom stereocenters. The summed E-state index contributed by atoms with van der Waals surface area (Å²) >= 11 is 7.28. The molecule has 2 aromatic rings. The highest BCUT2D eigenvalue weighted by Gasteiger charge is 2.20. The lowest BCUT2D eigenvalue weighted by atomic mass is 10.0. The van der Waals surface area contributed by atoms with Crippen LogP contribution in [-0.4, -0.2) is 26.4 Å². The van der Waals surface area contributed by atoms with Gasteiger partial charge in [-0.05, 0) is 31.0 Å². The van der Waals surface area contributed by atoms with E-state index in [-0.39, 0.29) is 11.8 Å². The van der Waals surface area contributed by atoms with E-state index in [9.17, 15) is 4.79 Å². The minimum atomic E-state index is -0.840. The third-order valence-corrected chi connectivity index (χ3v) is 4.99. The molecule has 114 valence electrons. The standard InChI is InChI=1S/C15H19ClN2O2S/c1-4-9(2)10(3)18-13-6-5-11(16)7-12(13)17-15(18)21-8-14(19)20/h5-7,9-10H,4,8H2,1-3H3,(H,19,20). The average Bonchev–Trinajstić information content (AvgIpc) is 2.80. The van der Waals surface area contributed by atoms with Gasteiger partial charge in [0.1, 0.15) is 0 Å². The molecule has 4 nitrogen and oxygen atoms in total. The number of fused-ring (bicyclic) bond motifs is 1. The molecule has 21 heavy (non-hydrogen) atoms. The number of hydrogen-bond donors (Lipinski definition) is 1. The lowest BCUT2D eigenvalue weighted by molar-refractivity contribution is -0.133. The zero-order chi connectivity index (χ0) is 15.6. The van der Waals surface area contributed by atoms with Crippen LogP contribution >= 0.6 is 23.4 Å². The second-order valence-electron chi connectivity index (χ2n) is 5.21. The van der Waals surface area contributed by atoms with Crippen LogP contribution in [0, 0.1) is 5.92 Å². The van der Waals surface area contributed by atoms with Crippen molar-refractivity contribution in [2.45, 2.75) is 38.4 Å². The molecule has 6 heteroatoms. The molecular formula is C15H19ClN2O2S. The SMILES string of the molecule is CCC(C)C(C)n1c(SCC(=O)O)nc2cc(Cl)ccc21. The molecule has 0 bridgehead atoms. The predicted molar refractivity (Wildman–Crippen MR) is 87.3 cm³/mol. The summed E-state index contributed by atoms with van der Waals surface area (Å²) in [6.07, 6.45) is 1.05. The number of aliphatic carboxylic acids is 1. The highest BCUT2D eigenvalue weighted by Crippen LogP contribution is 2.33. The molecule has 0 radical (unpaired) electrons. The fourth-order valence-electron chi connectivity index (χ4n) is 2.27. The fourth-order valence-corrected chi connectivity index (χ4v) is 3.25. The largest absolute Gasteiger partial charge is 0.481 e. The van der Waals surface area contributed by atoms with Crippen molar-refractivity contribution < 1.29 is 9.90 Å². The highest BCUT2D eigenvalue weighted by molar-refractivity contribution is 7.99. The van der Waals surface area contributed by atoms with Crippen LogP contribution in [0.3, 0.4) is 0 Å². The van der Waals surface area contributed by atoms with Crippen molar-refractivity contribution in [2.24, 2.45) is 5.92 Å². The van der Waals surface area contributed by atoms with E-state index >= 15 is 0 Å². The van der Waals surface area contributed by atoms with Crippen LogP contribution < -0.4 is 0 Å². The molecule has 0 fully saturated rings. The van der Waals surface area contributed by atoms with Crippen LogP contribution in [-0.2, 0) is 4.79 Å². The second kappa shape index (κ2) is 6.71. The van der Waals surface area contributed by atoms with Crippen molar-refractivity contribution in [2.75, 3.05) is 5.75 Å². The van der Waals surface area contributed by atoms with Crippen LogP contribution in [0.25, 0.3) is 11.0 Å². The minimum absolute atomic E-state index is 0.00425. The van der Waals surface area contributed by atoms with Crippen molar-refractivity contribution in [1.29, 1.82) is 0 Å². The first kappa shape index (κ1) is 16.2. The molecule has 0 saturated carbocycles. The number of carboxylic acids is 1. The van der Waals surface area contributed by atoms with Gasteiger partial charge in [-0.25, -0.2) is 4.98 Å². The topological polar surface area (TPSA) is 55.1 Å². The maximum atomic E-state index is 10.8. The molecule has 0 aliphatic heterocycles. The lowest BCUT2D eigenvalue weighted by Gasteiger charge is -2.22. The quantitative estimate of drug-likeness (QED) is 0.795. The number of hydrogen-bond acceptors (Lipinski definition) is 3. The Bertz CT molecular complexity index is 656. The van der Waals surface area contributed by atoms with Crippen molar-refractivity contribution in [1.82, 2.24) is 9.55 Å². The number of halogens is 1. The minimum Gasteiger partial charge on any atom is -0.481 e. The second-order valence-corrected chi connectivity index (χ2v) is 6.58. The molecule has 2 rings (SSSR count). The number of carbonyl (C=O) groups is 1. The number of carboxylic acid groups (broad SMARTS) is 1. The van der Waals surface area contributed by atoms with E-state index in [1.807, 2.05) is 18.2 Å². The van der Waals surface area contributed by atoms with E-state index in [2.05, 4.69) is 30.3 Å². The predicted octanol–water partition coefficient (Wildman–Crippen LogP) is 4.47. The zero-order valence-electron chi connectivity index (χ0n) is 12.3. The van der Waals surface area contributed by atoms with Gasteiger partial charge in [0.25, 0.3) is 0 Å². The number of benzene rings is 1. The maximum absolute atomic E-state index is 10.8. The fraction of sp³-hybridized carbons (Fsp3) is 0.467. The summed E-state index contributed by atoms with van der Waals surface area (Å²) < 4.78 is 2.13. The number of nitrogens with zero attached hydrogens (tertiary/aromatic N) is 2. The number of aromatic nitrogens is 2. The first-order chi connectivity index (χ1) is 9.93. The van der Waals surface area contributed by atoms with E-state index in [4.69, 9.17) is 16.7 Å². The van der Waals surface area contributed by atoms with Crippen molar-refractivity contribution >= 4 is 40.4 Å². The van der Waals surface area contributed by atoms with E-state index in [1.54, 1.807) is 0 Å². The van der Waals surface area contributed by atoms with Gasteiger partial charge in [-0.15, -0.1) is 0 Å². The molecule has 2 unspecified atom stereocenters. The monoisotopic (exact) mass is 326 g/mol. The Morgan fingerprint density at radius 1 is 1.48 bits per heavy atom. The summed E-state index contributed by atoms with van der Waals surface area (Å²) in [6.45, 7) is 6.49. The third kappa shape index (κ3) is 3.52. The van der Waals surface area contributed by atoms with Gasteiger partial charge in [0.15, 0.2) is 5.16 Å². The van der Waals surface area contributed by atoms with Crippen LogP contribution in [0.1, 0.15) is 33.2 Å². The van der Waals surface area contributed by atoms with Gasteiger partial charge in [0.2, 0.25) is 0 Å². The molecular weight excluding hydrogens is 308 g/mol. The van der Waals surface area contributed by atoms with E-state index in [0.717, 1.165) is 22.6 Å². The summed E-state index contributed by atoms with van der Waals surface area (Å²) in [5, 5.41) is 10.3. The number of imidazole rings is 1. The smallest absolute Gasteiger partial charge is 0.313 e. The Balaban J connectivity index is 2.51. The molecule has 1 aromatic carbocycles. The Labute approximate surface area is 133 Å². The average molecular weight is 327 g/mol. The Morgan fingerprint density at radius 3 is 2.81 bits per heavy atom. The van der Waals surface area contributed by atoms with E-state index < -0.39 is 5.97 Å². The lowest BCUT2D eigenvalue weighted by Crippen LogP contribution is -2.15. The normalized spacial score (nSPS) is 14.3. The number of rotatable bonds is 6. The molecule has 0 spiro atoms.